The van der Waals surface area contributed by atoms with Crippen LogP contribution in [0, 0.1) is 6.92 Å². The topological polar surface area (TPSA) is 108 Å². The molecule has 0 aromatic heterocycles. The molecular formula is C27H43N3O5. The summed E-state index contributed by atoms with van der Waals surface area (Å²) in [7, 11) is 0. The second-order valence-corrected chi connectivity index (χ2v) is 10.5. The van der Waals surface area contributed by atoms with Crippen LogP contribution in [-0.4, -0.2) is 58.2 Å². The summed E-state index contributed by atoms with van der Waals surface area (Å²) in [5.74, 6) is -0.777. The van der Waals surface area contributed by atoms with Crippen LogP contribution in [0.5, 0.6) is 0 Å². The molecule has 1 aromatic carbocycles. The summed E-state index contributed by atoms with van der Waals surface area (Å²) in [5.41, 5.74) is 0.973. The van der Waals surface area contributed by atoms with Gasteiger partial charge in [0.15, 0.2) is 0 Å². The summed E-state index contributed by atoms with van der Waals surface area (Å²) < 4.78 is 5.28. The van der Waals surface area contributed by atoms with Crippen molar-refractivity contribution >= 4 is 17.9 Å². The zero-order valence-electron chi connectivity index (χ0n) is 22.1. The molecule has 0 bridgehead atoms. The van der Waals surface area contributed by atoms with Crippen molar-refractivity contribution in [2.75, 3.05) is 6.61 Å². The Morgan fingerprint density at radius 1 is 1.11 bits per heavy atom. The van der Waals surface area contributed by atoms with Crippen molar-refractivity contribution in [1.82, 2.24) is 15.5 Å². The van der Waals surface area contributed by atoms with Gasteiger partial charge in [-0.2, -0.15) is 0 Å². The molecule has 1 fully saturated rings. The number of aryl methyl sites for hydroxylation is 1. The largest absolute Gasteiger partial charge is 0.444 e. The summed E-state index contributed by atoms with van der Waals surface area (Å²) in [6.07, 6.45) is 4.94. The molecule has 3 unspecified atom stereocenters. The van der Waals surface area contributed by atoms with Gasteiger partial charge in [0.25, 0.3) is 0 Å². The second-order valence-electron chi connectivity index (χ2n) is 10.5. The lowest BCUT2D eigenvalue weighted by Crippen LogP contribution is -2.57. The molecule has 8 heteroatoms. The third kappa shape index (κ3) is 8.53. The molecule has 0 heterocycles. The average Bonchev–Trinajstić information content (AvgIpc) is 2.80. The van der Waals surface area contributed by atoms with Gasteiger partial charge in [-0.15, -0.1) is 0 Å². The lowest BCUT2D eigenvalue weighted by molar-refractivity contribution is -0.146. The molecule has 3 amide bonds. The van der Waals surface area contributed by atoms with E-state index in [0.29, 0.717) is 12.0 Å². The Kier molecular flexibility index (Phi) is 10.6. The van der Waals surface area contributed by atoms with Gasteiger partial charge in [-0.25, -0.2) is 4.79 Å². The van der Waals surface area contributed by atoms with Gasteiger partial charge in [0.05, 0.1) is 6.61 Å². The Labute approximate surface area is 209 Å². The van der Waals surface area contributed by atoms with Crippen LogP contribution >= 0.6 is 0 Å². The lowest BCUT2D eigenvalue weighted by atomic mass is 9.94. The summed E-state index contributed by atoms with van der Waals surface area (Å²) >= 11 is 0. The van der Waals surface area contributed by atoms with E-state index in [1.54, 1.807) is 20.8 Å². The fourth-order valence-corrected chi connectivity index (χ4v) is 4.32. The van der Waals surface area contributed by atoms with Gasteiger partial charge in [0.2, 0.25) is 11.8 Å². The molecule has 0 spiro atoms. The Morgan fingerprint density at radius 2 is 1.71 bits per heavy atom. The molecule has 1 aromatic rings. The molecule has 0 aliphatic heterocycles. The minimum Gasteiger partial charge on any atom is -0.444 e. The van der Waals surface area contributed by atoms with Crippen LogP contribution in [0.15, 0.2) is 24.3 Å². The Hall–Kier alpha value is -2.61. The highest BCUT2D eigenvalue weighted by Gasteiger charge is 2.39. The lowest BCUT2D eigenvalue weighted by Gasteiger charge is -2.38. The van der Waals surface area contributed by atoms with Gasteiger partial charge >= 0.3 is 6.09 Å². The van der Waals surface area contributed by atoms with Crippen LogP contribution in [0.3, 0.4) is 0 Å². The monoisotopic (exact) mass is 489 g/mol. The van der Waals surface area contributed by atoms with E-state index in [2.05, 4.69) is 10.6 Å². The molecule has 2 rings (SSSR count). The number of aliphatic hydroxyl groups is 1. The maximum absolute atomic E-state index is 13.8. The van der Waals surface area contributed by atoms with Gasteiger partial charge < -0.3 is 25.4 Å². The van der Waals surface area contributed by atoms with Crippen molar-refractivity contribution in [2.24, 2.45) is 0 Å². The molecule has 8 nitrogen and oxygen atoms in total. The fourth-order valence-electron chi connectivity index (χ4n) is 4.32. The Bertz CT molecular complexity index is 843. The SMILES string of the molecule is CCC(C)N(C(=O)C(CO)NC(=O)OC(C)(C)C)C(C(=O)NC1CCCCC1)c1ccc(C)cc1. The zero-order valence-corrected chi connectivity index (χ0v) is 22.1. The van der Waals surface area contributed by atoms with E-state index in [-0.39, 0.29) is 18.0 Å². The first-order valence-electron chi connectivity index (χ1n) is 12.8. The van der Waals surface area contributed by atoms with Crippen LogP contribution in [-0.2, 0) is 14.3 Å². The Balaban J connectivity index is 2.40. The van der Waals surface area contributed by atoms with Crippen LogP contribution in [0.2, 0.25) is 0 Å². The molecular weight excluding hydrogens is 446 g/mol. The molecule has 196 valence electrons. The quantitative estimate of drug-likeness (QED) is 0.486. The average molecular weight is 490 g/mol. The highest BCUT2D eigenvalue weighted by atomic mass is 16.6. The van der Waals surface area contributed by atoms with E-state index in [9.17, 15) is 19.5 Å². The number of hydrogen-bond donors (Lipinski definition) is 3. The van der Waals surface area contributed by atoms with E-state index < -0.39 is 36.3 Å². The first kappa shape index (κ1) is 28.6. The van der Waals surface area contributed by atoms with Crippen molar-refractivity contribution in [1.29, 1.82) is 0 Å². The van der Waals surface area contributed by atoms with E-state index in [0.717, 1.165) is 31.2 Å². The number of amides is 3. The predicted molar refractivity (Wildman–Crippen MR) is 136 cm³/mol. The summed E-state index contributed by atoms with van der Waals surface area (Å²) in [6, 6.07) is 5.17. The third-order valence-electron chi connectivity index (χ3n) is 6.36. The molecule has 1 aliphatic rings. The van der Waals surface area contributed by atoms with Crippen LogP contribution < -0.4 is 10.6 Å². The number of nitrogens with zero attached hydrogens (tertiary/aromatic N) is 1. The number of carbonyl (C=O) groups excluding carboxylic acids is 3. The van der Waals surface area contributed by atoms with Gasteiger partial charge in [-0.05, 0) is 59.4 Å². The zero-order chi connectivity index (χ0) is 26.2. The minimum atomic E-state index is -1.24. The maximum atomic E-state index is 13.8. The number of alkyl carbamates (subject to hydrolysis) is 1. The predicted octanol–water partition coefficient (Wildman–Crippen LogP) is 4.00. The maximum Gasteiger partial charge on any atom is 0.408 e. The molecule has 3 N–H and O–H groups in total. The number of ether oxygens (including phenoxy) is 1. The molecule has 0 saturated heterocycles. The van der Waals surface area contributed by atoms with Gasteiger partial charge in [0, 0.05) is 12.1 Å². The number of carbonyl (C=O) groups is 3. The van der Waals surface area contributed by atoms with Crippen molar-refractivity contribution < 1.29 is 24.2 Å². The summed E-state index contributed by atoms with van der Waals surface area (Å²) in [6.45, 7) is 10.3. The van der Waals surface area contributed by atoms with Crippen molar-refractivity contribution in [3.05, 3.63) is 35.4 Å². The standard InChI is InChI=1S/C27H43N3O5/c1-7-19(3)30(25(33)22(17-31)29-26(34)35-27(4,5)6)23(20-15-13-18(2)14-16-20)24(32)28-21-11-9-8-10-12-21/h13-16,19,21-23,31H,7-12,17H2,1-6H3,(H,28,32)(H,29,34). The molecule has 3 atom stereocenters. The molecule has 0 radical (unpaired) electrons. The molecule has 1 saturated carbocycles. The van der Waals surface area contributed by atoms with Crippen molar-refractivity contribution in [3.63, 3.8) is 0 Å². The van der Waals surface area contributed by atoms with Crippen LogP contribution in [0.25, 0.3) is 0 Å². The minimum absolute atomic E-state index is 0.0756. The van der Waals surface area contributed by atoms with Gasteiger partial charge in [-0.3, -0.25) is 9.59 Å². The normalized spacial score (nSPS) is 17.1. The number of hydrogen-bond acceptors (Lipinski definition) is 5. The Morgan fingerprint density at radius 3 is 2.23 bits per heavy atom. The molecule has 35 heavy (non-hydrogen) atoms. The first-order valence-corrected chi connectivity index (χ1v) is 12.8. The summed E-state index contributed by atoms with van der Waals surface area (Å²) in [5, 5.41) is 15.7. The number of aliphatic hydroxyl groups excluding tert-OH is 1. The molecule has 1 aliphatic carbocycles. The fraction of sp³-hybridized carbons (Fsp3) is 0.667. The van der Waals surface area contributed by atoms with Crippen molar-refractivity contribution in [3.8, 4) is 0 Å². The van der Waals surface area contributed by atoms with E-state index >= 15 is 0 Å². The number of benzene rings is 1. The third-order valence-corrected chi connectivity index (χ3v) is 6.36. The van der Waals surface area contributed by atoms with E-state index in [1.165, 1.54) is 11.3 Å². The van der Waals surface area contributed by atoms with E-state index in [1.807, 2.05) is 45.0 Å². The van der Waals surface area contributed by atoms with Gasteiger partial charge in [0.1, 0.15) is 17.7 Å². The second kappa shape index (κ2) is 12.9. The van der Waals surface area contributed by atoms with E-state index in [4.69, 9.17) is 4.74 Å². The van der Waals surface area contributed by atoms with Crippen LogP contribution in [0.1, 0.15) is 90.3 Å². The summed E-state index contributed by atoms with van der Waals surface area (Å²) in [4.78, 5) is 41.3. The van der Waals surface area contributed by atoms with Crippen LogP contribution in [0.4, 0.5) is 4.79 Å². The highest BCUT2D eigenvalue weighted by Crippen LogP contribution is 2.28. The smallest absolute Gasteiger partial charge is 0.408 e. The first-order chi connectivity index (χ1) is 16.5. The highest BCUT2D eigenvalue weighted by molar-refractivity contribution is 5.92. The van der Waals surface area contributed by atoms with Gasteiger partial charge in [-0.1, -0.05) is 56.0 Å². The van der Waals surface area contributed by atoms with Crippen molar-refractivity contribution in [2.45, 2.75) is 110 Å². The number of nitrogens with one attached hydrogen (secondary N) is 2. The number of rotatable bonds is 9.